The van der Waals surface area contributed by atoms with Crippen molar-refractivity contribution >= 4 is 5.91 Å². The van der Waals surface area contributed by atoms with Gasteiger partial charge in [0.25, 0.3) is 5.91 Å². The number of pyridine rings is 1. The van der Waals surface area contributed by atoms with Gasteiger partial charge < -0.3 is 10.6 Å². The maximum absolute atomic E-state index is 12.9. The van der Waals surface area contributed by atoms with Gasteiger partial charge in [-0.1, -0.05) is 6.07 Å². The Kier molecular flexibility index (Phi) is 3.73. The van der Waals surface area contributed by atoms with Crippen LogP contribution >= 0.6 is 0 Å². The summed E-state index contributed by atoms with van der Waals surface area (Å²) in [6.07, 6.45) is -1.84. The highest BCUT2D eigenvalue weighted by atomic mass is 19.4. The third kappa shape index (κ3) is 2.92. The number of nitrogens with two attached hydrogens (primary N) is 1. The molecular formula is C13H16F3N3O. The van der Waals surface area contributed by atoms with Gasteiger partial charge in [-0.2, -0.15) is 13.2 Å². The third-order valence-corrected chi connectivity index (χ3v) is 3.34. The Labute approximate surface area is 114 Å². The fourth-order valence-electron chi connectivity index (χ4n) is 1.84. The smallest absolute Gasteiger partial charge is 0.332 e. The number of hydrogen-bond acceptors (Lipinski definition) is 3. The van der Waals surface area contributed by atoms with Crippen molar-refractivity contribution in [2.24, 2.45) is 5.73 Å². The molecule has 1 atom stereocenters. The lowest BCUT2D eigenvalue weighted by Crippen LogP contribution is -2.62. The average Bonchev–Trinajstić information content (AvgIpc) is 3.19. The minimum Gasteiger partial charge on any atom is -0.332 e. The predicted molar refractivity (Wildman–Crippen MR) is 66.5 cm³/mol. The SMILES string of the molecule is CC(N)(C(=O)N(Cc1ccccn1)C1CC1)C(F)(F)F. The van der Waals surface area contributed by atoms with Gasteiger partial charge in [0.05, 0.1) is 12.2 Å². The maximum atomic E-state index is 12.9. The monoisotopic (exact) mass is 287 g/mol. The maximum Gasteiger partial charge on any atom is 0.415 e. The van der Waals surface area contributed by atoms with Crippen LogP contribution in [0.25, 0.3) is 0 Å². The fraction of sp³-hybridized carbons (Fsp3) is 0.538. The highest BCUT2D eigenvalue weighted by Gasteiger charge is 2.56. The summed E-state index contributed by atoms with van der Waals surface area (Å²) in [6, 6.07) is 4.93. The Morgan fingerprint density at radius 1 is 1.45 bits per heavy atom. The number of hydrogen-bond donors (Lipinski definition) is 1. The summed E-state index contributed by atoms with van der Waals surface area (Å²) in [5, 5.41) is 0. The van der Waals surface area contributed by atoms with E-state index in [1.54, 1.807) is 18.2 Å². The summed E-state index contributed by atoms with van der Waals surface area (Å²) in [5.74, 6) is -1.10. The van der Waals surface area contributed by atoms with E-state index in [1.165, 1.54) is 11.1 Å². The van der Waals surface area contributed by atoms with Crippen LogP contribution in [-0.2, 0) is 11.3 Å². The fourth-order valence-corrected chi connectivity index (χ4v) is 1.84. The van der Waals surface area contributed by atoms with E-state index in [0.717, 1.165) is 0 Å². The quantitative estimate of drug-likeness (QED) is 0.919. The molecule has 0 spiro atoms. The lowest BCUT2D eigenvalue weighted by molar-refractivity contribution is -0.194. The van der Waals surface area contributed by atoms with E-state index < -0.39 is 17.6 Å². The molecule has 1 unspecified atom stereocenters. The van der Waals surface area contributed by atoms with Crippen molar-refractivity contribution < 1.29 is 18.0 Å². The van der Waals surface area contributed by atoms with Crippen molar-refractivity contribution in [3.8, 4) is 0 Å². The van der Waals surface area contributed by atoms with E-state index in [2.05, 4.69) is 4.98 Å². The highest BCUT2D eigenvalue weighted by molar-refractivity contribution is 5.87. The molecule has 0 radical (unpaired) electrons. The molecule has 0 saturated heterocycles. The Hall–Kier alpha value is -1.63. The molecule has 1 aromatic rings. The first-order chi connectivity index (χ1) is 9.23. The number of aromatic nitrogens is 1. The molecule has 1 fully saturated rings. The van der Waals surface area contributed by atoms with Gasteiger partial charge in [0.15, 0.2) is 5.54 Å². The standard InChI is InChI=1S/C13H16F3N3O/c1-12(17,13(14,15)16)11(20)19(10-5-6-10)8-9-4-2-3-7-18-9/h2-4,7,10H,5-6,8,17H2,1H3. The molecular weight excluding hydrogens is 271 g/mol. The topological polar surface area (TPSA) is 59.2 Å². The number of nitrogens with zero attached hydrogens (tertiary/aromatic N) is 2. The Morgan fingerprint density at radius 3 is 2.55 bits per heavy atom. The number of amides is 1. The van der Waals surface area contributed by atoms with Gasteiger partial charge in [-0.3, -0.25) is 9.78 Å². The second-order valence-electron chi connectivity index (χ2n) is 5.19. The molecule has 0 aliphatic heterocycles. The zero-order valence-corrected chi connectivity index (χ0v) is 11.0. The van der Waals surface area contributed by atoms with Crippen molar-refractivity contribution in [1.29, 1.82) is 0 Å². The number of alkyl halides is 3. The van der Waals surface area contributed by atoms with E-state index in [4.69, 9.17) is 5.73 Å². The van der Waals surface area contributed by atoms with Gasteiger partial charge in [0.2, 0.25) is 0 Å². The molecule has 0 aromatic carbocycles. The highest BCUT2D eigenvalue weighted by Crippen LogP contribution is 2.35. The van der Waals surface area contributed by atoms with Crippen molar-refractivity contribution in [1.82, 2.24) is 9.88 Å². The van der Waals surface area contributed by atoms with Crippen molar-refractivity contribution in [2.45, 2.75) is 44.1 Å². The number of rotatable bonds is 4. The summed E-state index contributed by atoms with van der Waals surface area (Å²) >= 11 is 0. The first kappa shape index (κ1) is 14.8. The van der Waals surface area contributed by atoms with Gasteiger partial charge in [-0.15, -0.1) is 0 Å². The Bertz CT molecular complexity index is 483. The average molecular weight is 287 g/mol. The van der Waals surface area contributed by atoms with E-state index in [-0.39, 0.29) is 12.6 Å². The van der Waals surface area contributed by atoms with Crippen LogP contribution in [0.5, 0.6) is 0 Å². The molecule has 2 rings (SSSR count). The minimum absolute atomic E-state index is 0.0488. The molecule has 110 valence electrons. The summed E-state index contributed by atoms with van der Waals surface area (Å²) < 4.78 is 38.6. The minimum atomic E-state index is -4.78. The molecule has 1 heterocycles. The van der Waals surface area contributed by atoms with Crippen LogP contribution in [0.15, 0.2) is 24.4 Å². The van der Waals surface area contributed by atoms with Gasteiger partial charge in [0, 0.05) is 12.2 Å². The second kappa shape index (κ2) is 5.05. The van der Waals surface area contributed by atoms with Crippen LogP contribution in [-0.4, -0.2) is 33.5 Å². The summed E-state index contributed by atoms with van der Waals surface area (Å²) in [7, 11) is 0. The second-order valence-corrected chi connectivity index (χ2v) is 5.19. The van der Waals surface area contributed by atoms with Gasteiger partial charge in [0.1, 0.15) is 0 Å². The number of halogens is 3. The normalized spacial score (nSPS) is 18.4. The zero-order valence-electron chi connectivity index (χ0n) is 11.0. The van der Waals surface area contributed by atoms with E-state index in [1.807, 2.05) is 0 Å². The van der Waals surface area contributed by atoms with Crippen LogP contribution in [0.4, 0.5) is 13.2 Å². The molecule has 1 amide bonds. The van der Waals surface area contributed by atoms with E-state index >= 15 is 0 Å². The molecule has 0 bridgehead atoms. The largest absolute Gasteiger partial charge is 0.415 e. The molecule has 2 N–H and O–H groups in total. The zero-order chi connectivity index (χ0) is 15.0. The van der Waals surface area contributed by atoms with Gasteiger partial charge in [-0.25, -0.2) is 0 Å². The third-order valence-electron chi connectivity index (χ3n) is 3.34. The molecule has 1 saturated carbocycles. The summed E-state index contributed by atoms with van der Waals surface area (Å²) in [4.78, 5) is 17.4. The molecule has 1 aliphatic rings. The Morgan fingerprint density at radius 2 is 2.10 bits per heavy atom. The first-order valence-electron chi connectivity index (χ1n) is 6.30. The van der Waals surface area contributed by atoms with Crippen molar-refractivity contribution in [3.63, 3.8) is 0 Å². The number of carbonyl (C=O) groups excluding carboxylic acids is 1. The van der Waals surface area contributed by atoms with Gasteiger partial charge >= 0.3 is 6.18 Å². The lowest BCUT2D eigenvalue weighted by Gasteiger charge is -2.33. The molecule has 7 heteroatoms. The lowest BCUT2D eigenvalue weighted by atomic mass is 10.0. The van der Waals surface area contributed by atoms with Crippen molar-refractivity contribution in [2.75, 3.05) is 0 Å². The summed E-state index contributed by atoms with van der Waals surface area (Å²) in [6.45, 7) is 0.760. The molecule has 1 aliphatic carbocycles. The Balaban J connectivity index is 2.19. The van der Waals surface area contributed by atoms with Crippen LogP contribution in [0.2, 0.25) is 0 Å². The number of carbonyl (C=O) groups is 1. The summed E-state index contributed by atoms with van der Waals surface area (Å²) in [5.41, 5.74) is 2.90. The van der Waals surface area contributed by atoms with E-state index in [9.17, 15) is 18.0 Å². The molecule has 20 heavy (non-hydrogen) atoms. The van der Waals surface area contributed by atoms with Crippen LogP contribution in [0.1, 0.15) is 25.5 Å². The molecule has 4 nitrogen and oxygen atoms in total. The predicted octanol–water partition coefficient (Wildman–Crippen LogP) is 1.85. The van der Waals surface area contributed by atoms with Crippen LogP contribution < -0.4 is 5.73 Å². The molecule has 1 aromatic heterocycles. The van der Waals surface area contributed by atoms with Gasteiger partial charge in [-0.05, 0) is 31.9 Å². The van der Waals surface area contributed by atoms with E-state index in [0.29, 0.717) is 25.5 Å². The van der Waals surface area contributed by atoms with Crippen molar-refractivity contribution in [3.05, 3.63) is 30.1 Å². The van der Waals surface area contributed by atoms with Crippen LogP contribution in [0, 0.1) is 0 Å². The van der Waals surface area contributed by atoms with Crippen LogP contribution in [0.3, 0.4) is 0 Å². The first-order valence-corrected chi connectivity index (χ1v) is 6.30.